The van der Waals surface area contributed by atoms with E-state index in [1.807, 2.05) is 31.2 Å². The highest BCUT2D eigenvalue weighted by Gasteiger charge is 2.36. The van der Waals surface area contributed by atoms with Gasteiger partial charge in [-0.05, 0) is 50.4 Å². The van der Waals surface area contributed by atoms with Crippen LogP contribution in [0.3, 0.4) is 0 Å². The molecule has 4 nitrogen and oxygen atoms in total. The Morgan fingerprint density at radius 2 is 2.37 bits per heavy atom. The molecule has 104 valence electrons. The average Bonchev–Trinajstić information content (AvgIpc) is 2.85. The normalized spacial score (nSPS) is 22.4. The van der Waals surface area contributed by atoms with E-state index >= 15 is 0 Å². The van der Waals surface area contributed by atoms with Gasteiger partial charge in [-0.2, -0.15) is 0 Å². The summed E-state index contributed by atoms with van der Waals surface area (Å²) < 4.78 is 0. The molecule has 0 saturated carbocycles. The van der Waals surface area contributed by atoms with Crippen LogP contribution in [0.25, 0.3) is 0 Å². The fourth-order valence-corrected chi connectivity index (χ4v) is 2.38. The fraction of sp³-hybridized carbons (Fsp3) is 0.533. The molecule has 0 radical (unpaired) electrons. The number of nitrogens with one attached hydrogen (secondary N) is 2. The highest BCUT2D eigenvalue weighted by molar-refractivity contribution is 5.95. The third-order valence-electron chi connectivity index (χ3n) is 3.73. The molecule has 1 aromatic carbocycles. The average molecular weight is 262 g/mol. The number of aryl methyl sites for hydroxylation is 1. The van der Waals surface area contributed by atoms with E-state index in [9.17, 15) is 4.79 Å². The van der Waals surface area contributed by atoms with Gasteiger partial charge in [0.1, 0.15) is 0 Å². The molecule has 1 aliphatic rings. The summed E-state index contributed by atoms with van der Waals surface area (Å²) in [5, 5.41) is 15.1. The lowest BCUT2D eigenvalue weighted by Gasteiger charge is -2.21. The van der Waals surface area contributed by atoms with Crippen LogP contribution in [-0.4, -0.2) is 30.7 Å². The van der Waals surface area contributed by atoms with Crippen LogP contribution in [0.15, 0.2) is 24.3 Å². The van der Waals surface area contributed by atoms with Gasteiger partial charge in [0, 0.05) is 18.8 Å². The minimum atomic E-state index is -0.304. The fourth-order valence-electron chi connectivity index (χ4n) is 2.38. The van der Waals surface area contributed by atoms with Gasteiger partial charge in [-0.3, -0.25) is 4.79 Å². The Bertz CT molecular complexity index is 440. The zero-order valence-electron chi connectivity index (χ0n) is 11.4. The van der Waals surface area contributed by atoms with E-state index in [4.69, 9.17) is 5.11 Å². The van der Waals surface area contributed by atoms with Crippen LogP contribution < -0.4 is 10.6 Å². The minimum absolute atomic E-state index is 0.0804. The van der Waals surface area contributed by atoms with Gasteiger partial charge in [-0.1, -0.05) is 12.1 Å². The lowest BCUT2D eigenvalue weighted by Crippen LogP contribution is -2.35. The van der Waals surface area contributed by atoms with Crippen molar-refractivity contribution < 1.29 is 9.90 Å². The van der Waals surface area contributed by atoms with Crippen molar-refractivity contribution in [1.82, 2.24) is 5.32 Å². The molecule has 3 N–H and O–H groups in total. The molecule has 0 spiro atoms. The van der Waals surface area contributed by atoms with Crippen LogP contribution in [0.4, 0.5) is 5.69 Å². The standard InChI is InChI=1S/C15H22N2O2/c1-15(7-8-16-11-15)14(19)17-13-6-2-4-12(10-13)5-3-9-18/h2,4,6,10,16,18H,3,5,7-9,11H2,1H3,(H,17,19). The Labute approximate surface area is 114 Å². The maximum atomic E-state index is 12.3. The number of aliphatic hydroxyl groups is 1. The number of hydrogen-bond acceptors (Lipinski definition) is 3. The Morgan fingerprint density at radius 1 is 1.53 bits per heavy atom. The summed E-state index contributed by atoms with van der Waals surface area (Å²) in [5.41, 5.74) is 1.68. The molecule has 0 bridgehead atoms. The Morgan fingerprint density at radius 3 is 3.05 bits per heavy atom. The van der Waals surface area contributed by atoms with Gasteiger partial charge in [-0.15, -0.1) is 0 Å². The van der Waals surface area contributed by atoms with Gasteiger partial charge in [0.2, 0.25) is 5.91 Å². The number of aliphatic hydroxyl groups excluding tert-OH is 1. The van der Waals surface area contributed by atoms with Crippen LogP contribution in [0.1, 0.15) is 25.3 Å². The number of hydrogen-bond donors (Lipinski definition) is 3. The molecule has 4 heteroatoms. The maximum absolute atomic E-state index is 12.3. The summed E-state index contributed by atoms with van der Waals surface area (Å²) in [6.45, 7) is 3.84. The first-order valence-corrected chi connectivity index (χ1v) is 6.86. The van der Waals surface area contributed by atoms with E-state index in [1.165, 1.54) is 0 Å². The van der Waals surface area contributed by atoms with E-state index in [1.54, 1.807) is 0 Å². The molecule has 1 fully saturated rings. The van der Waals surface area contributed by atoms with Crippen LogP contribution in [0.5, 0.6) is 0 Å². The quantitative estimate of drug-likeness (QED) is 0.754. The third-order valence-corrected chi connectivity index (χ3v) is 3.73. The van der Waals surface area contributed by atoms with Crippen molar-refractivity contribution in [2.24, 2.45) is 5.41 Å². The van der Waals surface area contributed by atoms with Crippen molar-refractivity contribution in [3.63, 3.8) is 0 Å². The van der Waals surface area contributed by atoms with Crippen molar-refractivity contribution in [2.75, 3.05) is 25.0 Å². The summed E-state index contributed by atoms with van der Waals surface area (Å²) in [7, 11) is 0. The first kappa shape index (κ1) is 14.0. The first-order valence-electron chi connectivity index (χ1n) is 6.86. The second kappa shape index (κ2) is 6.17. The second-order valence-electron chi connectivity index (χ2n) is 5.47. The Hall–Kier alpha value is -1.39. The van der Waals surface area contributed by atoms with Crippen LogP contribution in [-0.2, 0) is 11.2 Å². The van der Waals surface area contributed by atoms with Crippen molar-refractivity contribution in [1.29, 1.82) is 0 Å². The maximum Gasteiger partial charge on any atom is 0.231 e. The predicted molar refractivity (Wildman–Crippen MR) is 76.1 cm³/mol. The molecule has 0 aliphatic carbocycles. The molecular weight excluding hydrogens is 240 g/mol. The van der Waals surface area contributed by atoms with Gasteiger partial charge in [-0.25, -0.2) is 0 Å². The van der Waals surface area contributed by atoms with Gasteiger partial charge < -0.3 is 15.7 Å². The van der Waals surface area contributed by atoms with Crippen molar-refractivity contribution >= 4 is 11.6 Å². The van der Waals surface area contributed by atoms with Gasteiger partial charge in [0.15, 0.2) is 0 Å². The first-order chi connectivity index (χ1) is 9.14. The summed E-state index contributed by atoms with van der Waals surface area (Å²) in [5.74, 6) is 0.0804. The molecule has 0 aromatic heterocycles. The van der Waals surface area contributed by atoms with E-state index in [0.717, 1.165) is 43.6 Å². The van der Waals surface area contributed by atoms with Crippen LogP contribution in [0, 0.1) is 5.41 Å². The molecule has 1 saturated heterocycles. The molecule has 1 aromatic rings. The number of carbonyl (C=O) groups is 1. The zero-order chi connectivity index (χ0) is 13.7. The highest BCUT2D eigenvalue weighted by atomic mass is 16.2. The summed E-state index contributed by atoms with van der Waals surface area (Å²) in [6, 6.07) is 7.85. The lowest BCUT2D eigenvalue weighted by atomic mass is 9.88. The minimum Gasteiger partial charge on any atom is -0.396 e. The van der Waals surface area contributed by atoms with Crippen LogP contribution in [0.2, 0.25) is 0 Å². The van der Waals surface area contributed by atoms with Crippen molar-refractivity contribution in [3.05, 3.63) is 29.8 Å². The zero-order valence-corrected chi connectivity index (χ0v) is 11.4. The molecule has 19 heavy (non-hydrogen) atoms. The largest absolute Gasteiger partial charge is 0.396 e. The molecule has 1 amide bonds. The molecule has 2 rings (SSSR count). The highest BCUT2D eigenvalue weighted by Crippen LogP contribution is 2.26. The molecule has 1 heterocycles. The number of amides is 1. The van der Waals surface area contributed by atoms with E-state index in [2.05, 4.69) is 10.6 Å². The number of anilines is 1. The Balaban J connectivity index is 2.00. The number of rotatable bonds is 5. The SMILES string of the molecule is CC1(C(=O)Nc2cccc(CCCO)c2)CCNC1. The van der Waals surface area contributed by atoms with E-state index < -0.39 is 0 Å². The van der Waals surface area contributed by atoms with Gasteiger partial charge >= 0.3 is 0 Å². The summed E-state index contributed by atoms with van der Waals surface area (Å²) in [6.07, 6.45) is 2.46. The lowest BCUT2D eigenvalue weighted by molar-refractivity contribution is -0.123. The van der Waals surface area contributed by atoms with E-state index in [0.29, 0.717) is 0 Å². The van der Waals surface area contributed by atoms with Crippen LogP contribution >= 0.6 is 0 Å². The topological polar surface area (TPSA) is 61.4 Å². The molecule has 1 unspecified atom stereocenters. The smallest absolute Gasteiger partial charge is 0.231 e. The van der Waals surface area contributed by atoms with Gasteiger partial charge in [0.25, 0.3) is 0 Å². The number of benzene rings is 1. The monoisotopic (exact) mass is 262 g/mol. The third kappa shape index (κ3) is 3.55. The summed E-state index contributed by atoms with van der Waals surface area (Å²) >= 11 is 0. The number of carbonyl (C=O) groups excluding carboxylic acids is 1. The molecular formula is C15H22N2O2. The van der Waals surface area contributed by atoms with Crippen molar-refractivity contribution in [2.45, 2.75) is 26.2 Å². The van der Waals surface area contributed by atoms with E-state index in [-0.39, 0.29) is 17.9 Å². The Kier molecular flexibility index (Phi) is 4.56. The molecule has 1 atom stereocenters. The van der Waals surface area contributed by atoms with Gasteiger partial charge in [0.05, 0.1) is 5.41 Å². The second-order valence-corrected chi connectivity index (χ2v) is 5.47. The summed E-state index contributed by atoms with van der Waals surface area (Å²) in [4.78, 5) is 12.3. The molecule has 1 aliphatic heterocycles. The van der Waals surface area contributed by atoms with Crippen molar-refractivity contribution in [3.8, 4) is 0 Å². The predicted octanol–water partition coefficient (Wildman–Crippen LogP) is 1.55.